The fourth-order valence-electron chi connectivity index (χ4n) is 2.20. The summed E-state index contributed by atoms with van der Waals surface area (Å²) < 4.78 is 0. The van der Waals surface area contributed by atoms with Gasteiger partial charge in [0.05, 0.1) is 11.6 Å². The second-order valence-electron chi connectivity index (χ2n) is 6.24. The number of hydrogen-bond donors (Lipinski definition) is 7. The maximum atomic E-state index is 12.3. The van der Waals surface area contributed by atoms with E-state index in [1.165, 1.54) is 12.1 Å². The zero-order chi connectivity index (χ0) is 23.6. The van der Waals surface area contributed by atoms with Gasteiger partial charge < -0.3 is 36.8 Å². The molecule has 31 heavy (non-hydrogen) atoms. The third-order valence-corrected chi connectivity index (χ3v) is 5.02. The first-order valence-electron chi connectivity index (χ1n) is 8.79. The molecule has 13 nitrogen and oxygen atoms in total. The largest absolute Gasteiger partial charge is 0.480 e. The summed E-state index contributed by atoms with van der Waals surface area (Å²) in [6, 6.07) is 1.32. The number of aliphatic hydroxyl groups excluding tert-OH is 1. The number of aromatic carboxylic acids is 1. The van der Waals surface area contributed by atoms with Crippen LogP contribution in [-0.4, -0.2) is 74.9 Å². The smallest absolute Gasteiger partial charge is 0.335 e. The molecule has 0 radical (unpaired) electrons. The van der Waals surface area contributed by atoms with Crippen LogP contribution in [0.4, 0.5) is 5.69 Å². The lowest BCUT2D eigenvalue weighted by Gasteiger charge is -2.19. The van der Waals surface area contributed by atoms with Crippen molar-refractivity contribution >= 4 is 41.2 Å². The Bertz CT molecular complexity index is 834. The summed E-state index contributed by atoms with van der Waals surface area (Å²) in [6.07, 6.45) is -2.14. The van der Waals surface area contributed by atoms with E-state index in [1.807, 2.05) is 0 Å². The molecule has 0 heterocycles. The fourth-order valence-corrected chi connectivity index (χ4v) is 3.19. The molecule has 0 fully saturated rings. The molecule has 0 saturated carbocycles. The summed E-state index contributed by atoms with van der Waals surface area (Å²) in [5.41, 5.74) is 5.09. The Hall–Kier alpha value is -3.07. The van der Waals surface area contributed by atoms with Crippen molar-refractivity contribution in [1.82, 2.24) is 10.6 Å². The van der Waals surface area contributed by atoms with Gasteiger partial charge >= 0.3 is 11.9 Å². The van der Waals surface area contributed by atoms with Crippen molar-refractivity contribution in [2.75, 3.05) is 12.3 Å². The minimum atomic E-state index is -1.82. The second-order valence-corrected chi connectivity index (χ2v) is 7.30. The van der Waals surface area contributed by atoms with Crippen molar-refractivity contribution in [2.24, 2.45) is 10.9 Å². The van der Waals surface area contributed by atoms with E-state index in [0.29, 0.717) is 0 Å². The highest BCUT2D eigenvalue weighted by molar-refractivity contribution is 7.99. The number of carbonyl (C=O) groups excluding carboxylic acids is 2. The van der Waals surface area contributed by atoms with Gasteiger partial charge in [-0.15, -0.1) is 16.7 Å². The Morgan fingerprint density at radius 1 is 1.16 bits per heavy atom. The summed E-state index contributed by atoms with van der Waals surface area (Å²) in [4.78, 5) is 57.3. The standard InChI is InChI=1S/C17H22N4O9S/c18-9(17(28)29)2-4-13(22)20-11(15(25)19-6-14(23)24)7-31-12-3-1-8(16(26)27)5-10(12)21-30/h1,3,5,9,11,17,28-29H,2,4,6-7,18H2,(H,19,25)(H,20,22)(H,23,24)(H,26,27). The predicted octanol–water partition coefficient (Wildman–Crippen LogP) is -1.02. The van der Waals surface area contributed by atoms with E-state index in [0.717, 1.165) is 17.8 Å². The molecule has 0 aliphatic rings. The third-order valence-electron chi connectivity index (χ3n) is 3.86. The molecule has 14 heteroatoms. The predicted molar refractivity (Wildman–Crippen MR) is 108 cm³/mol. The highest BCUT2D eigenvalue weighted by atomic mass is 32.2. The monoisotopic (exact) mass is 458 g/mol. The van der Waals surface area contributed by atoms with E-state index >= 15 is 0 Å². The Kier molecular flexibility index (Phi) is 10.5. The lowest BCUT2D eigenvalue weighted by molar-refractivity contribution is -0.138. The van der Waals surface area contributed by atoms with Gasteiger partial charge in [-0.2, -0.15) is 0 Å². The van der Waals surface area contributed by atoms with E-state index in [4.69, 9.17) is 26.2 Å². The summed E-state index contributed by atoms with van der Waals surface area (Å²) in [5, 5.41) is 42.8. The summed E-state index contributed by atoms with van der Waals surface area (Å²) >= 11 is 0.920. The molecule has 1 aromatic rings. The first kappa shape index (κ1) is 26.0. The van der Waals surface area contributed by atoms with Gasteiger partial charge in [0.2, 0.25) is 11.8 Å². The number of benzene rings is 1. The molecule has 0 saturated heterocycles. The highest BCUT2D eigenvalue weighted by Gasteiger charge is 2.23. The number of carboxylic acids is 2. The molecule has 0 aliphatic heterocycles. The van der Waals surface area contributed by atoms with Gasteiger partial charge in [0, 0.05) is 17.1 Å². The van der Waals surface area contributed by atoms with Gasteiger partial charge in [0.15, 0.2) is 6.29 Å². The molecule has 2 amide bonds. The van der Waals surface area contributed by atoms with Crippen LogP contribution in [0, 0.1) is 4.91 Å². The molecule has 8 N–H and O–H groups in total. The summed E-state index contributed by atoms with van der Waals surface area (Å²) in [7, 11) is 0. The van der Waals surface area contributed by atoms with Gasteiger partial charge in [-0.25, -0.2) is 4.79 Å². The van der Waals surface area contributed by atoms with Crippen LogP contribution in [0.2, 0.25) is 0 Å². The fraction of sp³-hybridized carbons (Fsp3) is 0.412. The van der Waals surface area contributed by atoms with Gasteiger partial charge in [0.1, 0.15) is 18.3 Å². The van der Waals surface area contributed by atoms with Crippen molar-refractivity contribution < 1.29 is 39.6 Å². The van der Waals surface area contributed by atoms with Crippen molar-refractivity contribution in [2.45, 2.75) is 36.1 Å². The number of aliphatic carboxylic acids is 1. The van der Waals surface area contributed by atoms with Gasteiger partial charge in [-0.05, 0) is 29.8 Å². The Morgan fingerprint density at radius 3 is 2.39 bits per heavy atom. The number of nitrogens with one attached hydrogen (secondary N) is 2. The lowest BCUT2D eigenvalue weighted by atomic mass is 10.1. The third kappa shape index (κ3) is 9.08. The van der Waals surface area contributed by atoms with Crippen LogP contribution < -0.4 is 16.4 Å². The van der Waals surface area contributed by atoms with Gasteiger partial charge in [0.25, 0.3) is 0 Å². The number of carbonyl (C=O) groups is 4. The zero-order valence-corrected chi connectivity index (χ0v) is 16.9. The normalized spacial score (nSPS) is 12.6. The second kappa shape index (κ2) is 12.6. The van der Waals surface area contributed by atoms with Crippen LogP contribution >= 0.6 is 11.8 Å². The maximum Gasteiger partial charge on any atom is 0.335 e. The minimum absolute atomic E-state index is 0.0873. The average molecular weight is 458 g/mol. The Labute approximate surface area is 180 Å². The summed E-state index contributed by atoms with van der Waals surface area (Å²) in [5.74, 6) is -4.16. The van der Waals surface area contributed by atoms with Crippen LogP contribution in [0.1, 0.15) is 23.2 Å². The molecule has 1 rings (SSSR count). The van der Waals surface area contributed by atoms with E-state index < -0.39 is 48.7 Å². The zero-order valence-electron chi connectivity index (χ0n) is 16.1. The SMILES string of the molecule is NC(CCC(=O)NC(CSc1ccc(C(=O)O)cc1N=O)C(=O)NCC(=O)O)C(O)O. The number of hydrogen-bond acceptors (Lipinski definition) is 10. The number of amides is 2. The van der Waals surface area contributed by atoms with E-state index in [1.54, 1.807) is 0 Å². The van der Waals surface area contributed by atoms with Crippen LogP contribution in [0.15, 0.2) is 28.3 Å². The van der Waals surface area contributed by atoms with Gasteiger partial charge in [-0.1, -0.05) is 0 Å². The first-order valence-corrected chi connectivity index (χ1v) is 9.77. The van der Waals surface area contributed by atoms with E-state index in [2.05, 4.69) is 15.8 Å². The first-order chi connectivity index (χ1) is 14.5. The molecule has 0 bridgehead atoms. The quantitative estimate of drug-likeness (QED) is 0.107. The van der Waals surface area contributed by atoms with Crippen molar-refractivity contribution in [3.8, 4) is 0 Å². The van der Waals surface area contributed by atoms with Crippen molar-refractivity contribution in [1.29, 1.82) is 0 Å². The van der Waals surface area contributed by atoms with Crippen LogP contribution in [0.25, 0.3) is 0 Å². The number of rotatable bonds is 13. The lowest BCUT2D eigenvalue weighted by Crippen LogP contribution is -2.49. The molecule has 0 spiro atoms. The van der Waals surface area contributed by atoms with E-state index in [-0.39, 0.29) is 34.7 Å². The maximum absolute atomic E-state index is 12.3. The topological polar surface area (TPSA) is 229 Å². The molecule has 0 aliphatic carbocycles. The van der Waals surface area contributed by atoms with Crippen molar-refractivity contribution in [3.05, 3.63) is 28.7 Å². The molecule has 2 unspecified atom stereocenters. The number of nitrogens with two attached hydrogens (primary N) is 1. The van der Waals surface area contributed by atoms with Crippen molar-refractivity contribution in [3.63, 3.8) is 0 Å². The molecule has 0 aromatic heterocycles. The van der Waals surface area contributed by atoms with E-state index in [9.17, 15) is 24.1 Å². The van der Waals surface area contributed by atoms with Crippen LogP contribution in [-0.2, 0) is 14.4 Å². The average Bonchev–Trinajstić information content (AvgIpc) is 2.72. The number of thioether (sulfide) groups is 1. The van der Waals surface area contributed by atoms with Crippen LogP contribution in [0.3, 0.4) is 0 Å². The molecule has 1 aromatic carbocycles. The summed E-state index contributed by atoms with van der Waals surface area (Å²) in [6.45, 7) is -0.689. The van der Waals surface area contributed by atoms with Crippen LogP contribution in [0.5, 0.6) is 0 Å². The number of aliphatic hydroxyl groups is 2. The number of carboxylic acid groups (broad SMARTS) is 2. The number of nitroso groups, excluding NO2 is 1. The highest BCUT2D eigenvalue weighted by Crippen LogP contribution is 2.31. The Morgan fingerprint density at radius 2 is 1.84 bits per heavy atom. The van der Waals surface area contributed by atoms with Gasteiger partial charge in [-0.3, -0.25) is 14.4 Å². The molecular weight excluding hydrogens is 436 g/mol. The number of nitrogens with zero attached hydrogens (tertiary/aromatic N) is 1. The molecule has 2 atom stereocenters. The minimum Gasteiger partial charge on any atom is -0.480 e. The molecular formula is C17H22N4O9S. The molecule has 170 valence electrons. The Balaban J connectivity index is 2.88.